The van der Waals surface area contributed by atoms with Crippen molar-refractivity contribution in [3.8, 4) is 5.75 Å². The second-order valence-electron chi connectivity index (χ2n) is 4.30. The summed E-state index contributed by atoms with van der Waals surface area (Å²) in [5.41, 5.74) is 1.10. The Kier molecular flexibility index (Phi) is 5.98. The van der Waals surface area contributed by atoms with Gasteiger partial charge in [0.1, 0.15) is 5.75 Å². The molecule has 1 rings (SSSR count). The fourth-order valence-corrected chi connectivity index (χ4v) is 1.63. The second-order valence-corrected chi connectivity index (χ2v) is 4.30. The monoisotopic (exact) mass is 248 g/mol. The molecule has 0 fully saturated rings. The number of benzene rings is 1. The van der Waals surface area contributed by atoms with E-state index in [0.29, 0.717) is 12.3 Å². The maximum Gasteiger partial charge on any atom is 0.305 e. The number of carbonyl (C=O) groups excluding carboxylic acids is 1. The molecule has 1 aromatic rings. The molecule has 1 atom stereocenters. The predicted octanol–water partition coefficient (Wildman–Crippen LogP) is 3.30. The predicted molar refractivity (Wildman–Crippen MR) is 72.4 cm³/mol. The first-order valence-corrected chi connectivity index (χ1v) is 6.03. The minimum atomic E-state index is -0.155. The highest BCUT2D eigenvalue weighted by Gasteiger charge is 2.06. The molecule has 0 bridgehead atoms. The van der Waals surface area contributed by atoms with Gasteiger partial charge in [-0.25, -0.2) is 0 Å². The smallest absolute Gasteiger partial charge is 0.305 e. The lowest BCUT2D eigenvalue weighted by atomic mass is 10.0. The maximum atomic E-state index is 11.1. The molecule has 0 heterocycles. The fraction of sp³-hybridized carbons (Fsp3) is 0.400. The third kappa shape index (κ3) is 5.04. The van der Waals surface area contributed by atoms with E-state index in [2.05, 4.69) is 10.8 Å². The van der Waals surface area contributed by atoms with Crippen LogP contribution in [0.15, 0.2) is 30.3 Å². The third-order valence-corrected chi connectivity index (χ3v) is 2.69. The first kappa shape index (κ1) is 14.3. The van der Waals surface area contributed by atoms with Crippen molar-refractivity contribution in [2.75, 3.05) is 14.2 Å². The zero-order chi connectivity index (χ0) is 13.4. The summed E-state index contributed by atoms with van der Waals surface area (Å²) in [5, 5.41) is 0. The van der Waals surface area contributed by atoms with Crippen LogP contribution >= 0.6 is 0 Å². The SMILES string of the molecule is COC(=O)CC(C)CC=Cc1cccc(OC)c1. The van der Waals surface area contributed by atoms with Gasteiger partial charge in [-0.1, -0.05) is 31.2 Å². The number of hydrogen-bond acceptors (Lipinski definition) is 3. The van der Waals surface area contributed by atoms with E-state index in [0.717, 1.165) is 17.7 Å². The van der Waals surface area contributed by atoms with E-state index in [1.54, 1.807) is 7.11 Å². The Balaban J connectivity index is 2.46. The molecule has 0 aliphatic carbocycles. The molecule has 0 radical (unpaired) electrons. The van der Waals surface area contributed by atoms with E-state index in [1.807, 2.05) is 37.3 Å². The summed E-state index contributed by atoms with van der Waals surface area (Å²) in [6.45, 7) is 2.03. The topological polar surface area (TPSA) is 35.5 Å². The van der Waals surface area contributed by atoms with E-state index in [1.165, 1.54) is 7.11 Å². The summed E-state index contributed by atoms with van der Waals surface area (Å²) in [4.78, 5) is 11.1. The van der Waals surface area contributed by atoms with Crippen LogP contribution in [0.4, 0.5) is 0 Å². The number of methoxy groups -OCH3 is 2. The molecule has 3 heteroatoms. The third-order valence-electron chi connectivity index (χ3n) is 2.69. The quantitative estimate of drug-likeness (QED) is 0.725. The first-order valence-electron chi connectivity index (χ1n) is 6.03. The number of allylic oxidation sites excluding steroid dienone is 1. The lowest BCUT2D eigenvalue weighted by molar-refractivity contribution is -0.141. The van der Waals surface area contributed by atoms with E-state index in [9.17, 15) is 4.79 Å². The molecule has 3 nitrogen and oxygen atoms in total. The Hall–Kier alpha value is -1.77. The van der Waals surface area contributed by atoms with Crippen LogP contribution in [0.2, 0.25) is 0 Å². The van der Waals surface area contributed by atoms with Gasteiger partial charge in [0.2, 0.25) is 0 Å². The highest BCUT2D eigenvalue weighted by molar-refractivity contribution is 5.69. The number of hydrogen-bond donors (Lipinski definition) is 0. The van der Waals surface area contributed by atoms with Gasteiger partial charge in [0.15, 0.2) is 0 Å². The maximum absolute atomic E-state index is 11.1. The summed E-state index contributed by atoms with van der Waals surface area (Å²) < 4.78 is 9.79. The highest BCUT2D eigenvalue weighted by atomic mass is 16.5. The molecule has 0 aliphatic rings. The molecule has 0 saturated heterocycles. The van der Waals surface area contributed by atoms with Gasteiger partial charge in [-0.2, -0.15) is 0 Å². The van der Waals surface area contributed by atoms with E-state index in [-0.39, 0.29) is 5.97 Å². The van der Waals surface area contributed by atoms with Crippen LogP contribution in [0, 0.1) is 5.92 Å². The molecular formula is C15H20O3. The summed E-state index contributed by atoms with van der Waals surface area (Å²) in [5.74, 6) is 0.983. The highest BCUT2D eigenvalue weighted by Crippen LogP contribution is 2.15. The van der Waals surface area contributed by atoms with E-state index >= 15 is 0 Å². The van der Waals surface area contributed by atoms with Gasteiger partial charge in [-0.15, -0.1) is 0 Å². The van der Waals surface area contributed by atoms with Crippen molar-refractivity contribution in [1.82, 2.24) is 0 Å². The summed E-state index contributed by atoms with van der Waals surface area (Å²) in [6.07, 6.45) is 5.42. The molecule has 0 saturated carbocycles. The van der Waals surface area contributed by atoms with Crippen LogP contribution in [0.3, 0.4) is 0 Å². The van der Waals surface area contributed by atoms with Crippen LogP contribution in [-0.2, 0) is 9.53 Å². The minimum absolute atomic E-state index is 0.155. The second kappa shape index (κ2) is 7.54. The van der Waals surface area contributed by atoms with Crippen LogP contribution in [0.25, 0.3) is 6.08 Å². The van der Waals surface area contributed by atoms with Crippen molar-refractivity contribution in [3.05, 3.63) is 35.9 Å². The van der Waals surface area contributed by atoms with Gasteiger partial charge in [0.25, 0.3) is 0 Å². The summed E-state index contributed by atoms with van der Waals surface area (Å²) in [6, 6.07) is 7.86. The number of ether oxygens (including phenoxy) is 2. The Morgan fingerprint density at radius 3 is 2.83 bits per heavy atom. The number of rotatable bonds is 6. The minimum Gasteiger partial charge on any atom is -0.497 e. The zero-order valence-electron chi connectivity index (χ0n) is 11.2. The van der Waals surface area contributed by atoms with Gasteiger partial charge in [0.05, 0.1) is 14.2 Å². The summed E-state index contributed by atoms with van der Waals surface area (Å²) >= 11 is 0. The molecule has 0 aliphatic heterocycles. The van der Waals surface area contributed by atoms with Gasteiger partial charge < -0.3 is 9.47 Å². The molecular weight excluding hydrogens is 228 g/mol. The Morgan fingerprint density at radius 2 is 2.17 bits per heavy atom. The van der Waals surface area contributed by atoms with Crippen molar-refractivity contribution >= 4 is 12.0 Å². The first-order chi connectivity index (χ1) is 8.65. The standard InChI is InChI=1S/C15H20O3/c1-12(10-15(16)18-3)6-4-7-13-8-5-9-14(11-13)17-2/h4-5,7-9,11-12H,6,10H2,1-3H3. The Bertz CT molecular complexity index is 410. The van der Waals surface area contributed by atoms with Crippen LogP contribution in [0.1, 0.15) is 25.3 Å². The van der Waals surface area contributed by atoms with Crippen molar-refractivity contribution in [1.29, 1.82) is 0 Å². The van der Waals surface area contributed by atoms with Crippen molar-refractivity contribution < 1.29 is 14.3 Å². The fourth-order valence-electron chi connectivity index (χ4n) is 1.63. The molecule has 1 aromatic carbocycles. The average Bonchev–Trinajstić information content (AvgIpc) is 2.38. The molecule has 98 valence electrons. The Labute approximate surface area is 108 Å². The van der Waals surface area contributed by atoms with Crippen molar-refractivity contribution in [2.45, 2.75) is 19.8 Å². The van der Waals surface area contributed by atoms with Crippen LogP contribution < -0.4 is 4.74 Å². The van der Waals surface area contributed by atoms with Gasteiger partial charge in [0, 0.05) is 6.42 Å². The number of esters is 1. The van der Waals surface area contributed by atoms with Crippen molar-refractivity contribution in [3.63, 3.8) is 0 Å². The number of carbonyl (C=O) groups is 1. The van der Waals surface area contributed by atoms with E-state index in [4.69, 9.17) is 4.74 Å². The molecule has 0 amide bonds. The molecule has 18 heavy (non-hydrogen) atoms. The lowest BCUT2D eigenvalue weighted by Crippen LogP contribution is -2.06. The van der Waals surface area contributed by atoms with Crippen LogP contribution in [0.5, 0.6) is 5.75 Å². The molecule has 0 N–H and O–H groups in total. The lowest BCUT2D eigenvalue weighted by Gasteiger charge is -2.06. The normalized spacial score (nSPS) is 12.4. The average molecular weight is 248 g/mol. The van der Waals surface area contributed by atoms with Crippen molar-refractivity contribution in [2.24, 2.45) is 5.92 Å². The molecule has 0 aromatic heterocycles. The van der Waals surface area contributed by atoms with Gasteiger partial charge in [-0.3, -0.25) is 4.79 Å². The Morgan fingerprint density at radius 1 is 1.39 bits per heavy atom. The molecule has 0 spiro atoms. The molecule has 1 unspecified atom stereocenters. The van der Waals surface area contributed by atoms with Gasteiger partial charge in [-0.05, 0) is 30.0 Å². The van der Waals surface area contributed by atoms with Crippen LogP contribution in [-0.4, -0.2) is 20.2 Å². The largest absolute Gasteiger partial charge is 0.497 e. The summed E-state index contributed by atoms with van der Waals surface area (Å²) in [7, 11) is 3.07. The van der Waals surface area contributed by atoms with Gasteiger partial charge >= 0.3 is 5.97 Å². The van der Waals surface area contributed by atoms with E-state index < -0.39 is 0 Å². The zero-order valence-corrected chi connectivity index (χ0v) is 11.2.